The lowest BCUT2D eigenvalue weighted by molar-refractivity contribution is 0.0953. The van der Waals surface area contributed by atoms with Gasteiger partial charge >= 0.3 is 0 Å². The summed E-state index contributed by atoms with van der Waals surface area (Å²) in [4.78, 5) is 12.5. The van der Waals surface area contributed by atoms with E-state index in [1.54, 1.807) is 10.8 Å². The molecular weight excluding hydrogens is 262 g/mol. The number of nitrogens with one attached hydrogen (secondary N) is 1. The standard InChI is InChI=1S/C15H16F2N2O/c1-2-19-8-10(15(20)13-4-3-5-18-13)9-6-11(16)12(17)7-14(9)19/h6-8,13,18H,2-5H2,1H3. The van der Waals surface area contributed by atoms with Gasteiger partial charge in [-0.3, -0.25) is 4.79 Å². The Hall–Kier alpha value is -1.75. The predicted octanol–water partition coefficient (Wildman–Crippen LogP) is 2.87. The molecule has 3 rings (SSSR count). The first-order chi connectivity index (χ1) is 9.61. The summed E-state index contributed by atoms with van der Waals surface area (Å²) in [6, 6.07) is 2.07. The number of carbonyl (C=O) groups is 1. The lowest BCUT2D eigenvalue weighted by Gasteiger charge is -2.07. The number of Topliss-reactive ketones (excluding diaryl/α,β-unsaturated/α-hetero) is 1. The zero-order chi connectivity index (χ0) is 14.3. The van der Waals surface area contributed by atoms with Crippen LogP contribution in [-0.4, -0.2) is 22.9 Å². The quantitative estimate of drug-likeness (QED) is 0.876. The molecule has 2 heterocycles. The van der Waals surface area contributed by atoms with Crippen LogP contribution in [0, 0.1) is 11.6 Å². The van der Waals surface area contributed by atoms with Crippen LogP contribution in [0.3, 0.4) is 0 Å². The summed E-state index contributed by atoms with van der Waals surface area (Å²) in [6.45, 7) is 3.33. The molecule has 1 aliphatic heterocycles. The first-order valence-electron chi connectivity index (χ1n) is 6.87. The van der Waals surface area contributed by atoms with Gasteiger partial charge in [0, 0.05) is 29.8 Å². The first-order valence-corrected chi connectivity index (χ1v) is 6.87. The SMILES string of the molecule is CCn1cc(C(=O)C2CCCN2)c2cc(F)c(F)cc21. The molecule has 0 aliphatic carbocycles. The summed E-state index contributed by atoms with van der Waals surface area (Å²) in [5.74, 6) is -1.84. The summed E-state index contributed by atoms with van der Waals surface area (Å²) in [7, 11) is 0. The Morgan fingerprint density at radius 2 is 2.15 bits per heavy atom. The molecular formula is C15H16F2N2O. The molecule has 3 nitrogen and oxygen atoms in total. The van der Waals surface area contributed by atoms with Gasteiger partial charge in [-0.1, -0.05) is 0 Å². The zero-order valence-electron chi connectivity index (χ0n) is 11.2. The van der Waals surface area contributed by atoms with Crippen LogP contribution < -0.4 is 5.32 Å². The zero-order valence-corrected chi connectivity index (χ0v) is 11.2. The molecule has 1 aromatic heterocycles. The molecule has 0 spiro atoms. The topological polar surface area (TPSA) is 34.0 Å². The van der Waals surface area contributed by atoms with Gasteiger partial charge in [0.25, 0.3) is 0 Å². The number of hydrogen-bond donors (Lipinski definition) is 1. The molecule has 1 saturated heterocycles. The van der Waals surface area contributed by atoms with E-state index in [2.05, 4.69) is 5.32 Å². The molecule has 1 unspecified atom stereocenters. The third-order valence-corrected chi connectivity index (χ3v) is 3.91. The molecule has 1 atom stereocenters. The van der Waals surface area contributed by atoms with Crippen molar-refractivity contribution in [2.75, 3.05) is 6.54 Å². The maximum atomic E-state index is 13.5. The van der Waals surface area contributed by atoms with Crippen molar-refractivity contribution in [1.29, 1.82) is 0 Å². The molecule has 0 radical (unpaired) electrons. The van der Waals surface area contributed by atoms with Gasteiger partial charge in [-0.2, -0.15) is 0 Å². The van der Waals surface area contributed by atoms with E-state index in [0.29, 0.717) is 23.0 Å². The molecule has 5 heteroatoms. The van der Waals surface area contributed by atoms with Crippen LogP contribution in [0.5, 0.6) is 0 Å². The minimum absolute atomic E-state index is 0.0364. The number of aryl methyl sites for hydroxylation is 1. The summed E-state index contributed by atoms with van der Waals surface area (Å²) >= 11 is 0. The van der Waals surface area contributed by atoms with Crippen LogP contribution in [0.1, 0.15) is 30.1 Å². The van der Waals surface area contributed by atoms with Gasteiger partial charge in [0.05, 0.1) is 11.6 Å². The fraction of sp³-hybridized carbons (Fsp3) is 0.400. The maximum absolute atomic E-state index is 13.5. The smallest absolute Gasteiger partial charge is 0.181 e. The highest BCUT2D eigenvalue weighted by molar-refractivity contribution is 6.10. The molecule has 2 aromatic rings. The van der Waals surface area contributed by atoms with E-state index in [9.17, 15) is 13.6 Å². The van der Waals surface area contributed by atoms with E-state index in [1.807, 2.05) is 6.92 Å². The molecule has 0 bridgehead atoms. The fourth-order valence-electron chi connectivity index (χ4n) is 2.84. The lowest BCUT2D eigenvalue weighted by atomic mass is 10.0. The normalized spacial score (nSPS) is 18.9. The number of rotatable bonds is 3. The van der Waals surface area contributed by atoms with Gasteiger partial charge in [-0.05, 0) is 32.4 Å². The van der Waals surface area contributed by atoms with Gasteiger partial charge in [0.1, 0.15) is 0 Å². The molecule has 0 saturated carbocycles. The number of fused-ring (bicyclic) bond motifs is 1. The number of hydrogen-bond acceptors (Lipinski definition) is 2. The van der Waals surface area contributed by atoms with Crippen LogP contribution in [0.15, 0.2) is 18.3 Å². The van der Waals surface area contributed by atoms with E-state index >= 15 is 0 Å². The maximum Gasteiger partial charge on any atom is 0.181 e. The second-order valence-corrected chi connectivity index (χ2v) is 5.13. The highest BCUT2D eigenvalue weighted by atomic mass is 19.2. The second kappa shape index (κ2) is 4.98. The van der Waals surface area contributed by atoms with E-state index in [4.69, 9.17) is 0 Å². The molecule has 1 N–H and O–H groups in total. The van der Waals surface area contributed by atoms with Crippen molar-refractivity contribution < 1.29 is 13.6 Å². The van der Waals surface area contributed by atoms with E-state index in [1.165, 1.54) is 0 Å². The Morgan fingerprint density at radius 1 is 1.40 bits per heavy atom. The average Bonchev–Trinajstić information content (AvgIpc) is 3.06. The first kappa shape index (κ1) is 13.2. The summed E-state index contributed by atoms with van der Waals surface area (Å²) in [6.07, 6.45) is 3.46. The van der Waals surface area contributed by atoms with Crippen LogP contribution in [-0.2, 0) is 6.54 Å². The van der Waals surface area contributed by atoms with Crippen molar-refractivity contribution in [2.45, 2.75) is 32.4 Å². The number of halogens is 2. The van der Waals surface area contributed by atoms with Crippen molar-refractivity contribution in [3.63, 3.8) is 0 Å². The summed E-state index contributed by atoms with van der Waals surface area (Å²) in [5.41, 5.74) is 1.04. The lowest BCUT2D eigenvalue weighted by Crippen LogP contribution is -2.30. The molecule has 1 aromatic carbocycles. The molecule has 1 aliphatic rings. The highest BCUT2D eigenvalue weighted by Gasteiger charge is 2.26. The van der Waals surface area contributed by atoms with Gasteiger partial charge < -0.3 is 9.88 Å². The van der Waals surface area contributed by atoms with E-state index in [-0.39, 0.29) is 11.8 Å². The molecule has 106 valence electrons. The number of aromatic nitrogens is 1. The average molecular weight is 278 g/mol. The van der Waals surface area contributed by atoms with Gasteiger partial charge in [0.15, 0.2) is 17.4 Å². The van der Waals surface area contributed by atoms with Crippen LogP contribution in [0.2, 0.25) is 0 Å². The Bertz CT molecular complexity index is 672. The summed E-state index contributed by atoms with van der Waals surface area (Å²) in [5, 5.41) is 3.64. The van der Waals surface area contributed by atoms with Gasteiger partial charge in [0.2, 0.25) is 0 Å². The third kappa shape index (κ3) is 2.02. The van der Waals surface area contributed by atoms with Crippen LogP contribution in [0.4, 0.5) is 8.78 Å². The number of benzene rings is 1. The van der Waals surface area contributed by atoms with E-state index in [0.717, 1.165) is 31.5 Å². The fourth-order valence-corrected chi connectivity index (χ4v) is 2.84. The largest absolute Gasteiger partial charge is 0.347 e. The molecule has 20 heavy (non-hydrogen) atoms. The van der Waals surface area contributed by atoms with Gasteiger partial charge in [-0.25, -0.2) is 8.78 Å². The van der Waals surface area contributed by atoms with Crippen LogP contribution >= 0.6 is 0 Å². The Labute approximate surface area is 115 Å². The highest BCUT2D eigenvalue weighted by Crippen LogP contribution is 2.26. The van der Waals surface area contributed by atoms with Crippen molar-refractivity contribution >= 4 is 16.7 Å². The molecule has 0 amide bonds. The number of carbonyl (C=O) groups excluding carboxylic acids is 1. The number of ketones is 1. The van der Waals surface area contributed by atoms with Crippen molar-refractivity contribution in [2.24, 2.45) is 0 Å². The van der Waals surface area contributed by atoms with Crippen molar-refractivity contribution in [1.82, 2.24) is 9.88 Å². The van der Waals surface area contributed by atoms with Crippen molar-refractivity contribution in [3.05, 3.63) is 35.5 Å². The summed E-state index contributed by atoms with van der Waals surface area (Å²) < 4.78 is 28.6. The monoisotopic (exact) mass is 278 g/mol. The minimum Gasteiger partial charge on any atom is -0.347 e. The van der Waals surface area contributed by atoms with Crippen LogP contribution in [0.25, 0.3) is 10.9 Å². The predicted molar refractivity (Wildman–Crippen MR) is 72.9 cm³/mol. The van der Waals surface area contributed by atoms with Gasteiger partial charge in [-0.15, -0.1) is 0 Å². The van der Waals surface area contributed by atoms with Crippen molar-refractivity contribution in [3.8, 4) is 0 Å². The minimum atomic E-state index is -0.917. The number of nitrogens with zero attached hydrogens (tertiary/aromatic N) is 1. The Morgan fingerprint density at radius 3 is 2.80 bits per heavy atom. The van der Waals surface area contributed by atoms with E-state index < -0.39 is 11.6 Å². The Kier molecular flexibility index (Phi) is 3.30. The Balaban J connectivity index is 2.15. The molecule has 1 fully saturated rings. The third-order valence-electron chi connectivity index (χ3n) is 3.91. The second-order valence-electron chi connectivity index (χ2n) is 5.13.